The van der Waals surface area contributed by atoms with Crippen LogP contribution < -0.4 is 4.74 Å². The summed E-state index contributed by atoms with van der Waals surface area (Å²) in [7, 11) is 0. The summed E-state index contributed by atoms with van der Waals surface area (Å²) in [4.78, 5) is 20.5. The second-order valence-electron chi connectivity index (χ2n) is 5.63. The molecule has 29 heavy (non-hydrogen) atoms. The maximum Gasteiger partial charge on any atom is 0.453 e. The summed E-state index contributed by atoms with van der Waals surface area (Å²) in [6.07, 6.45) is -6.84. The zero-order valence-corrected chi connectivity index (χ0v) is 14.8. The molecule has 0 aromatic heterocycles. The highest BCUT2D eigenvalue weighted by Crippen LogP contribution is 2.38. The van der Waals surface area contributed by atoms with Crippen LogP contribution in [0.3, 0.4) is 0 Å². The summed E-state index contributed by atoms with van der Waals surface area (Å²) in [6.45, 7) is -0.489. The Hall–Kier alpha value is -3.04. The Balaban J connectivity index is 0.000000436. The van der Waals surface area contributed by atoms with Gasteiger partial charge in [-0.2, -0.15) is 22.0 Å². The first-order valence-electron chi connectivity index (χ1n) is 8.08. The molecule has 1 N–H and O–H groups in total. The lowest BCUT2D eigenvalue weighted by atomic mass is 10.2. The minimum absolute atomic E-state index is 0.159. The first-order chi connectivity index (χ1) is 13.5. The largest absolute Gasteiger partial charge is 0.493 e. The molecule has 0 saturated heterocycles. The minimum Gasteiger partial charge on any atom is -0.493 e. The van der Waals surface area contributed by atoms with Gasteiger partial charge in [-0.1, -0.05) is 30.3 Å². The lowest BCUT2D eigenvalue weighted by Crippen LogP contribution is -2.36. The van der Waals surface area contributed by atoms with Crippen molar-refractivity contribution in [2.45, 2.75) is 24.9 Å². The van der Waals surface area contributed by atoms with E-state index >= 15 is 0 Å². The summed E-state index contributed by atoms with van der Waals surface area (Å²) in [5.41, 5.74) is 0.124. The maximum absolute atomic E-state index is 13.2. The van der Waals surface area contributed by atoms with Crippen molar-refractivity contribution in [2.75, 3.05) is 6.61 Å². The fourth-order valence-electron chi connectivity index (χ4n) is 1.92. The normalized spacial score (nSPS) is 11.2. The molecule has 0 spiro atoms. The Morgan fingerprint density at radius 2 is 1.66 bits per heavy atom. The number of aldehydes is 1. The summed E-state index contributed by atoms with van der Waals surface area (Å²) in [6, 6.07) is 11.8. The van der Waals surface area contributed by atoms with Crippen LogP contribution in [-0.4, -0.2) is 36.1 Å². The van der Waals surface area contributed by atoms with E-state index in [4.69, 9.17) is 9.84 Å². The van der Waals surface area contributed by atoms with E-state index in [-0.39, 0.29) is 5.75 Å². The molecule has 0 heterocycles. The van der Waals surface area contributed by atoms with Crippen LogP contribution in [0.4, 0.5) is 26.3 Å². The molecule has 2 rings (SSSR count). The van der Waals surface area contributed by atoms with Crippen molar-refractivity contribution in [3.05, 3.63) is 65.5 Å². The number of carboxylic acids is 1. The van der Waals surface area contributed by atoms with E-state index in [1.165, 1.54) is 0 Å². The minimum atomic E-state index is -5.62. The van der Waals surface area contributed by atoms with Gasteiger partial charge in [-0.3, -0.25) is 4.79 Å². The highest BCUT2D eigenvalue weighted by molar-refractivity contribution is 5.88. The predicted molar refractivity (Wildman–Crippen MR) is 90.9 cm³/mol. The zero-order valence-electron chi connectivity index (χ0n) is 14.8. The smallest absolute Gasteiger partial charge is 0.453 e. The predicted octanol–water partition coefficient (Wildman–Crippen LogP) is 5.38. The van der Waals surface area contributed by atoms with Gasteiger partial charge < -0.3 is 9.84 Å². The van der Waals surface area contributed by atoms with Crippen LogP contribution in [0.25, 0.3) is 0 Å². The fourth-order valence-corrected chi connectivity index (χ4v) is 1.92. The number of hydrogen-bond acceptors (Lipinski definition) is 3. The number of hydrogen-bond donors (Lipinski definition) is 1. The van der Waals surface area contributed by atoms with Gasteiger partial charge in [0.25, 0.3) is 0 Å². The summed E-state index contributed by atoms with van der Waals surface area (Å²) in [5.74, 6) is -7.56. The van der Waals surface area contributed by atoms with Crippen LogP contribution in [0.1, 0.15) is 33.6 Å². The van der Waals surface area contributed by atoms with Gasteiger partial charge in [0.05, 0.1) is 12.2 Å². The third kappa shape index (κ3) is 7.84. The molecule has 4 nitrogen and oxygen atoms in total. The lowest BCUT2D eigenvalue weighted by Gasteiger charge is -2.19. The number of halogens is 6. The van der Waals surface area contributed by atoms with Crippen molar-refractivity contribution in [2.24, 2.45) is 0 Å². The van der Waals surface area contributed by atoms with E-state index in [9.17, 15) is 35.9 Å². The first kappa shape index (κ1) is 24.0. The monoisotopic (exact) mass is 422 g/mol. The second-order valence-corrected chi connectivity index (χ2v) is 5.63. The van der Waals surface area contributed by atoms with Gasteiger partial charge in [-0.25, -0.2) is 9.18 Å². The highest BCUT2D eigenvalue weighted by Gasteiger charge is 2.56. The van der Waals surface area contributed by atoms with Crippen LogP contribution in [0.2, 0.25) is 0 Å². The Kier molecular flexibility index (Phi) is 8.68. The van der Waals surface area contributed by atoms with E-state index in [1.54, 1.807) is 12.1 Å². The molecule has 0 radical (unpaired) electrons. The number of aromatic carboxylic acids is 1. The van der Waals surface area contributed by atoms with Crippen molar-refractivity contribution in [3.63, 3.8) is 0 Å². The third-order valence-corrected chi connectivity index (χ3v) is 3.43. The van der Waals surface area contributed by atoms with Gasteiger partial charge in [0.15, 0.2) is 0 Å². The average molecular weight is 422 g/mol. The molecule has 0 fully saturated rings. The van der Waals surface area contributed by atoms with Crippen molar-refractivity contribution in [3.8, 4) is 5.75 Å². The number of ether oxygens (including phenoxy) is 1. The summed E-state index contributed by atoms with van der Waals surface area (Å²) < 4.78 is 78.7. The molecule has 158 valence electrons. The van der Waals surface area contributed by atoms with Gasteiger partial charge in [-0.15, -0.1) is 0 Å². The van der Waals surface area contributed by atoms with Crippen LogP contribution in [0, 0.1) is 5.82 Å². The van der Waals surface area contributed by atoms with Gasteiger partial charge in [-0.05, 0) is 18.6 Å². The number of carboxylic acid groups (broad SMARTS) is 1. The SMILES string of the molecule is O=C(O)c1ccc(OCCCC(F)(F)C(F)(F)F)cc1F.O=Cc1ccccc1. The van der Waals surface area contributed by atoms with E-state index < -0.39 is 48.9 Å². The average Bonchev–Trinajstić information content (AvgIpc) is 2.65. The zero-order chi connectivity index (χ0) is 22.1. The second kappa shape index (κ2) is 10.5. The number of alkyl halides is 5. The molecular formula is C19H16F6O4. The van der Waals surface area contributed by atoms with Gasteiger partial charge in [0.2, 0.25) is 0 Å². The highest BCUT2D eigenvalue weighted by atomic mass is 19.4. The molecule has 0 bridgehead atoms. The number of benzene rings is 2. The van der Waals surface area contributed by atoms with E-state index in [1.807, 2.05) is 18.2 Å². The molecular weight excluding hydrogens is 406 g/mol. The topological polar surface area (TPSA) is 63.6 Å². The Morgan fingerprint density at radius 1 is 1.03 bits per heavy atom. The van der Waals surface area contributed by atoms with Crippen molar-refractivity contribution < 1.29 is 45.8 Å². The summed E-state index contributed by atoms with van der Waals surface area (Å²) in [5, 5.41) is 8.57. The van der Waals surface area contributed by atoms with Crippen molar-refractivity contribution in [1.82, 2.24) is 0 Å². The molecule has 0 atom stereocenters. The van der Waals surface area contributed by atoms with E-state index in [0.29, 0.717) is 6.07 Å². The summed E-state index contributed by atoms with van der Waals surface area (Å²) >= 11 is 0. The fraction of sp³-hybridized carbons (Fsp3) is 0.263. The molecule has 0 aliphatic carbocycles. The molecule has 0 amide bonds. The molecule has 0 aliphatic rings. The maximum atomic E-state index is 13.2. The Bertz CT molecular complexity index is 806. The van der Waals surface area contributed by atoms with Gasteiger partial charge in [0.1, 0.15) is 17.9 Å². The molecule has 2 aromatic carbocycles. The van der Waals surface area contributed by atoms with Crippen molar-refractivity contribution in [1.29, 1.82) is 0 Å². The van der Waals surface area contributed by atoms with Crippen molar-refractivity contribution >= 4 is 12.3 Å². The Labute approximate surface area is 161 Å². The molecule has 0 unspecified atom stereocenters. The van der Waals surface area contributed by atoms with Gasteiger partial charge >= 0.3 is 18.1 Å². The Morgan fingerprint density at radius 3 is 2.10 bits per heavy atom. The van der Waals surface area contributed by atoms with E-state index in [2.05, 4.69) is 0 Å². The molecule has 0 aliphatic heterocycles. The number of carbonyl (C=O) groups excluding carboxylic acids is 1. The molecule has 0 saturated carbocycles. The quantitative estimate of drug-likeness (QED) is 0.370. The number of carbonyl (C=O) groups is 2. The van der Waals surface area contributed by atoms with Crippen LogP contribution in [-0.2, 0) is 0 Å². The van der Waals surface area contributed by atoms with E-state index in [0.717, 1.165) is 24.0 Å². The standard InChI is InChI=1S/C12H10F6O3.C7H6O/c13-9-6-7(2-3-8(9)10(19)20)21-5-1-4-11(14,15)12(16,17)18;8-6-7-4-2-1-3-5-7/h2-3,6H,1,4-5H2,(H,19,20);1-6H. The van der Waals surface area contributed by atoms with Crippen LogP contribution in [0.15, 0.2) is 48.5 Å². The molecule has 10 heteroatoms. The molecule has 2 aromatic rings. The number of rotatable bonds is 7. The lowest BCUT2D eigenvalue weighted by molar-refractivity contribution is -0.284. The van der Waals surface area contributed by atoms with Crippen LogP contribution in [0.5, 0.6) is 5.75 Å². The third-order valence-electron chi connectivity index (χ3n) is 3.43. The first-order valence-corrected chi connectivity index (χ1v) is 8.08. The van der Waals surface area contributed by atoms with Gasteiger partial charge in [0, 0.05) is 18.1 Å². The van der Waals surface area contributed by atoms with Crippen LogP contribution >= 0.6 is 0 Å².